The van der Waals surface area contributed by atoms with Gasteiger partial charge in [0.05, 0.1) is 31.2 Å². The number of aromatic nitrogens is 1. The van der Waals surface area contributed by atoms with Crippen LogP contribution in [0.2, 0.25) is 0 Å². The van der Waals surface area contributed by atoms with Gasteiger partial charge >= 0.3 is 5.97 Å². The molecule has 0 spiro atoms. The van der Waals surface area contributed by atoms with Crippen molar-refractivity contribution in [1.29, 1.82) is 0 Å². The van der Waals surface area contributed by atoms with Crippen molar-refractivity contribution in [3.8, 4) is 0 Å². The summed E-state index contributed by atoms with van der Waals surface area (Å²) in [6.07, 6.45) is 3.41. The highest BCUT2D eigenvalue weighted by Crippen LogP contribution is 2.22. The van der Waals surface area contributed by atoms with Gasteiger partial charge in [-0.15, -0.1) is 0 Å². The van der Waals surface area contributed by atoms with E-state index in [4.69, 9.17) is 5.73 Å². The van der Waals surface area contributed by atoms with Crippen LogP contribution in [0.25, 0.3) is 0 Å². The number of methoxy groups -OCH3 is 1. The number of hydrogen-bond donors (Lipinski definition) is 1. The molecule has 1 aromatic rings. The van der Waals surface area contributed by atoms with E-state index in [9.17, 15) is 4.79 Å². The normalized spacial score (nSPS) is 16.6. The number of nitrogens with two attached hydrogens (primary N) is 1. The average Bonchev–Trinajstić information content (AvgIpc) is 2.40. The zero-order valence-electron chi connectivity index (χ0n) is 10.5. The topological polar surface area (TPSA) is 71.7 Å². The second kappa shape index (κ2) is 5.68. The molecule has 0 bridgehead atoms. The Morgan fingerprint density at radius 2 is 2.17 bits per heavy atom. The van der Waals surface area contributed by atoms with Crippen LogP contribution >= 0.6 is 0 Å². The van der Waals surface area contributed by atoms with Gasteiger partial charge in [0.15, 0.2) is 0 Å². The van der Waals surface area contributed by atoms with Crippen LogP contribution < -0.4 is 10.6 Å². The molecule has 0 unspecified atom stereocenters. The lowest BCUT2D eigenvalue weighted by Gasteiger charge is -2.35. The first-order chi connectivity index (χ1) is 8.70. The predicted molar refractivity (Wildman–Crippen MR) is 69.3 cm³/mol. The number of anilines is 2. The summed E-state index contributed by atoms with van der Waals surface area (Å²) >= 11 is 0. The van der Waals surface area contributed by atoms with Crippen LogP contribution in [0.1, 0.15) is 0 Å². The van der Waals surface area contributed by atoms with Crippen molar-refractivity contribution in [2.75, 3.05) is 50.5 Å². The third-order valence-electron chi connectivity index (χ3n) is 3.12. The van der Waals surface area contributed by atoms with E-state index in [1.807, 2.05) is 6.07 Å². The van der Waals surface area contributed by atoms with Crippen LogP contribution in [0.4, 0.5) is 11.4 Å². The SMILES string of the molecule is COC(=O)CN1CCN(c2ccncc2N)CC1. The Morgan fingerprint density at radius 3 is 2.78 bits per heavy atom. The Labute approximate surface area is 106 Å². The fourth-order valence-electron chi connectivity index (χ4n) is 2.08. The van der Waals surface area contributed by atoms with E-state index in [0.29, 0.717) is 12.2 Å². The lowest BCUT2D eigenvalue weighted by molar-refractivity contribution is -0.142. The molecular formula is C12H18N4O2. The summed E-state index contributed by atoms with van der Waals surface area (Å²) in [5.41, 5.74) is 7.61. The summed E-state index contributed by atoms with van der Waals surface area (Å²) in [6.45, 7) is 3.72. The number of nitrogen functional groups attached to an aromatic ring is 1. The van der Waals surface area contributed by atoms with Gasteiger partial charge in [-0.2, -0.15) is 0 Å². The van der Waals surface area contributed by atoms with E-state index in [0.717, 1.165) is 31.9 Å². The average molecular weight is 250 g/mol. The molecule has 1 saturated heterocycles. The molecule has 1 fully saturated rings. The summed E-state index contributed by atoms with van der Waals surface area (Å²) in [4.78, 5) is 19.5. The fourth-order valence-corrected chi connectivity index (χ4v) is 2.08. The maximum absolute atomic E-state index is 11.2. The summed E-state index contributed by atoms with van der Waals surface area (Å²) < 4.78 is 4.66. The van der Waals surface area contributed by atoms with E-state index >= 15 is 0 Å². The first-order valence-corrected chi connectivity index (χ1v) is 5.94. The summed E-state index contributed by atoms with van der Waals surface area (Å²) in [5.74, 6) is -0.188. The number of piperazine rings is 1. The Kier molecular flexibility index (Phi) is 3.99. The molecule has 0 aromatic carbocycles. The minimum Gasteiger partial charge on any atom is -0.468 e. The van der Waals surface area contributed by atoms with Gasteiger partial charge in [-0.25, -0.2) is 0 Å². The summed E-state index contributed by atoms with van der Waals surface area (Å²) in [6, 6.07) is 1.92. The van der Waals surface area contributed by atoms with E-state index in [1.54, 1.807) is 12.4 Å². The highest BCUT2D eigenvalue weighted by Gasteiger charge is 2.20. The second-order valence-corrected chi connectivity index (χ2v) is 4.27. The minimum atomic E-state index is -0.188. The number of nitrogens with zero attached hydrogens (tertiary/aromatic N) is 3. The van der Waals surface area contributed by atoms with Gasteiger partial charge in [-0.3, -0.25) is 14.7 Å². The molecule has 98 valence electrons. The van der Waals surface area contributed by atoms with Gasteiger partial charge in [-0.05, 0) is 6.07 Å². The van der Waals surface area contributed by atoms with E-state index in [1.165, 1.54) is 7.11 Å². The molecule has 1 aliphatic heterocycles. The van der Waals surface area contributed by atoms with Crippen LogP contribution in [-0.2, 0) is 9.53 Å². The van der Waals surface area contributed by atoms with Gasteiger partial charge in [-0.1, -0.05) is 0 Å². The first-order valence-electron chi connectivity index (χ1n) is 5.94. The minimum absolute atomic E-state index is 0.188. The smallest absolute Gasteiger partial charge is 0.319 e. The molecule has 2 rings (SSSR count). The third kappa shape index (κ3) is 2.89. The van der Waals surface area contributed by atoms with Crippen molar-refractivity contribution < 1.29 is 9.53 Å². The molecular weight excluding hydrogens is 232 g/mol. The molecule has 0 radical (unpaired) electrons. The van der Waals surface area contributed by atoms with Gasteiger partial charge in [0.1, 0.15) is 0 Å². The number of esters is 1. The molecule has 1 aliphatic rings. The van der Waals surface area contributed by atoms with Crippen LogP contribution in [0.5, 0.6) is 0 Å². The lowest BCUT2D eigenvalue weighted by atomic mass is 10.2. The number of rotatable bonds is 3. The Balaban J connectivity index is 1.91. The molecule has 18 heavy (non-hydrogen) atoms. The van der Waals surface area contributed by atoms with Gasteiger partial charge in [0, 0.05) is 32.4 Å². The zero-order valence-corrected chi connectivity index (χ0v) is 10.5. The molecule has 0 aliphatic carbocycles. The maximum atomic E-state index is 11.2. The van der Waals surface area contributed by atoms with Gasteiger partial charge in [0.2, 0.25) is 0 Å². The number of carbonyl (C=O) groups excluding carboxylic acids is 1. The number of carbonyl (C=O) groups is 1. The zero-order chi connectivity index (χ0) is 13.0. The first kappa shape index (κ1) is 12.6. The van der Waals surface area contributed by atoms with Gasteiger partial charge < -0.3 is 15.4 Å². The third-order valence-corrected chi connectivity index (χ3v) is 3.12. The molecule has 2 N–H and O–H groups in total. The monoisotopic (exact) mass is 250 g/mol. The van der Waals surface area contributed by atoms with E-state index in [-0.39, 0.29) is 5.97 Å². The van der Waals surface area contributed by atoms with Crippen molar-refractivity contribution in [3.05, 3.63) is 18.5 Å². The molecule has 0 saturated carbocycles. The molecule has 1 aromatic heterocycles. The molecule has 0 amide bonds. The Hall–Kier alpha value is -1.82. The highest BCUT2D eigenvalue weighted by atomic mass is 16.5. The number of hydrogen-bond acceptors (Lipinski definition) is 6. The van der Waals surface area contributed by atoms with E-state index < -0.39 is 0 Å². The van der Waals surface area contributed by atoms with Crippen LogP contribution in [0.3, 0.4) is 0 Å². The van der Waals surface area contributed by atoms with Crippen LogP contribution in [0, 0.1) is 0 Å². The van der Waals surface area contributed by atoms with Gasteiger partial charge in [0.25, 0.3) is 0 Å². The van der Waals surface area contributed by atoms with Crippen molar-refractivity contribution in [2.24, 2.45) is 0 Å². The number of ether oxygens (including phenoxy) is 1. The maximum Gasteiger partial charge on any atom is 0.319 e. The molecule has 6 heteroatoms. The quantitative estimate of drug-likeness (QED) is 0.759. The summed E-state index contributed by atoms with van der Waals surface area (Å²) in [7, 11) is 1.41. The summed E-state index contributed by atoms with van der Waals surface area (Å²) in [5, 5.41) is 0. The molecule has 6 nitrogen and oxygen atoms in total. The second-order valence-electron chi connectivity index (χ2n) is 4.27. The predicted octanol–water partition coefficient (Wildman–Crippen LogP) is -0.0412. The Bertz CT molecular complexity index is 416. The lowest BCUT2D eigenvalue weighted by Crippen LogP contribution is -2.48. The molecule has 2 heterocycles. The Morgan fingerprint density at radius 1 is 1.44 bits per heavy atom. The van der Waals surface area contributed by atoms with Crippen molar-refractivity contribution in [1.82, 2.24) is 9.88 Å². The van der Waals surface area contributed by atoms with Crippen LogP contribution in [-0.4, -0.2) is 55.7 Å². The highest BCUT2D eigenvalue weighted by molar-refractivity contribution is 5.71. The largest absolute Gasteiger partial charge is 0.468 e. The molecule has 0 atom stereocenters. The van der Waals surface area contributed by atoms with Crippen molar-refractivity contribution in [2.45, 2.75) is 0 Å². The van der Waals surface area contributed by atoms with E-state index in [2.05, 4.69) is 19.5 Å². The number of pyridine rings is 1. The van der Waals surface area contributed by atoms with Crippen LogP contribution in [0.15, 0.2) is 18.5 Å². The standard InChI is InChI=1S/C12H18N4O2/c1-18-12(17)9-15-4-6-16(7-5-15)11-2-3-14-8-10(11)13/h2-3,8H,4-7,9,13H2,1H3. The van der Waals surface area contributed by atoms with Crippen molar-refractivity contribution in [3.63, 3.8) is 0 Å². The van der Waals surface area contributed by atoms with Crippen molar-refractivity contribution >= 4 is 17.3 Å². The fraction of sp³-hybridized carbons (Fsp3) is 0.500.